The predicted molar refractivity (Wildman–Crippen MR) is 252 cm³/mol. The van der Waals surface area contributed by atoms with Gasteiger partial charge in [0, 0.05) is 85.2 Å². The monoisotopic (exact) mass is 936 g/mol. The largest absolute Gasteiger partial charge is 0.365 e. The molecule has 0 aliphatic carbocycles. The van der Waals surface area contributed by atoms with Crippen LogP contribution < -0.4 is 20.4 Å². The molecule has 68 heavy (non-hydrogen) atoms. The van der Waals surface area contributed by atoms with Crippen molar-refractivity contribution in [2.24, 2.45) is 7.05 Å². The van der Waals surface area contributed by atoms with Crippen molar-refractivity contribution in [1.29, 1.82) is 0 Å². The molecule has 6 aliphatic rings. The first kappa shape index (κ1) is 42.4. The Bertz CT molecular complexity index is 3040. The van der Waals surface area contributed by atoms with Crippen molar-refractivity contribution in [2.45, 2.75) is 75.7 Å². The van der Waals surface area contributed by atoms with Crippen LogP contribution in [0.15, 0.2) is 72.5 Å². The van der Waals surface area contributed by atoms with E-state index in [9.17, 15) is 24.0 Å². The second-order valence-electron chi connectivity index (χ2n) is 18.8. The van der Waals surface area contributed by atoms with E-state index in [4.69, 9.17) is 0 Å². The van der Waals surface area contributed by atoms with E-state index in [-0.39, 0.29) is 48.0 Å². The van der Waals surface area contributed by atoms with Crippen LogP contribution in [0.4, 0.5) is 25.8 Å². The maximum Gasteiger partial charge on any atom is 0.329 e. The molecule has 3 aromatic carbocycles. The van der Waals surface area contributed by atoms with Crippen molar-refractivity contribution >= 4 is 68.5 Å². The molecule has 12 rings (SSSR count). The third-order valence-corrected chi connectivity index (χ3v) is 15.7. The van der Waals surface area contributed by atoms with Crippen molar-refractivity contribution < 1.29 is 28.4 Å². The average molecular weight is 937 g/mol. The summed E-state index contributed by atoms with van der Waals surface area (Å²) in [6.07, 6.45) is 7.98. The third-order valence-electron chi connectivity index (χ3n) is 15.0. The maximum absolute atomic E-state index is 16.0. The number of rotatable bonds is 10. The summed E-state index contributed by atoms with van der Waals surface area (Å²) in [6.45, 7) is 4.50. The zero-order chi connectivity index (χ0) is 46.4. The van der Waals surface area contributed by atoms with E-state index >= 15 is 4.39 Å². The first-order valence-electron chi connectivity index (χ1n) is 23.4. The summed E-state index contributed by atoms with van der Waals surface area (Å²) < 4.78 is 19.8. The third kappa shape index (κ3) is 7.29. The van der Waals surface area contributed by atoms with E-state index in [1.54, 1.807) is 28.7 Å². The quantitative estimate of drug-likeness (QED) is 0.180. The number of imidazole rings is 1. The topological polar surface area (TPSA) is 174 Å². The molecule has 2 bridgehead atoms. The number of imide groups is 1. The van der Waals surface area contributed by atoms with Crippen LogP contribution in [-0.2, 0) is 40.9 Å². The number of carbonyl (C=O) groups is 5. The average Bonchev–Trinajstić information content (AvgIpc) is 4.22. The van der Waals surface area contributed by atoms with Crippen molar-refractivity contribution in [3.8, 4) is 11.1 Å². The first-order valence-corrected chi connectivity index (χ1v) is 24.3. The van der Waals surface area contributed by atoms with Gasteiger partial charge in [-0.15, -0.1) is 11.3 Å². The molecule has 2 N–H and O–H groups in total. The zero-order valence-corrected chi connectivity index (χ0v) is 38.3. The Hall–Kier alpha value is -6.99. The minimum atomic E-state index is -1.05. The number of likely N-dealkylation sites (tertiary alicyclic amines) is 2. The number of fused-ring (bicyclic) bond motifs is 5. The van der Waals surface area contributed by atoms with Gasteiger partial charge >= 0.3 is 6.03 Å². The number of benzene rings is 3. The smallest absolute Gasteiger partial charge is 0.329 e. The van der Waals surface area contributed by atoms with Gasteiger partial charge < -0.3 is 19.3 Å². The van der Waals surface area contributed by atoms with Crippen LogP contribution in [0.3, 0.4) is 0 Å². The summed E-state index contributed by atoms with van der Waals surface area (Å²) in [4.78, 5) is 84.6. The van der Waals surface area contributed by atoms with Crippen LogP contribution in [-0.4, -0.2) is 120 Å². The number of hydrogen-bond acceptors (Lipinski definition) is 11. The molecule has 19 heteroatoms. The van der Waals surface area contributed by atoms with Crippen LogP contribution in [0.1, 0.15) is 76.9 Å². The summed E-state index contributed by atoms with van der Waals surface area (Å²) in [5, 5.41) is 12.9. The number of piperazine rings is 1. The van der Waals surface area contributed by atoms with Gasteiger partial charge in [0.15, 0.2) is 17.0 Å². The maximum atomic E-state index is 16.0. The zero-order valence-electron chi connectivity index (χ0n) is 37.4. The summed E-state index contributed by atoms with van der Waals surface area (Å²) >= 11 is 1.28. The molecule has 9 heterocycles. The highest BCUT2D eigenvalue weighted by Gasteiger charge is 2.46. The Morgan fingerprint density at radius 2 is 1.78 bits per heavy atom. The molecule has 3 atom stereocenters. The molecular weight excluding hydrogens is 888 g/mol. The van der Waals surface area contributed by atoms with E-state index in [1.165, 1.54) is 32.8 Å². The molecule has 348 valence electrons. The van der Waals surface area contributed by atoms with E-state index in [1.807, 2.05) is 41.9 Å². The second-order valence-corrected chi connectivity index (χ2v) is 19.7. The lowest BCUT2D eigenvalue weighted by molar-refractivity contribution is -0.133. The van der Waals surface area contributed by atoms with Gasteiger partial charge in [0.25, 0.3) is 11.8 Å². The van der Waals surface area contributed by atoms with E-state index in [2.05, 4.69) is 52.5 Å². The van der Waals surface area contributed by atoms with E-state index in [0.717, 1.165) is 86.1 Å². The fourth-order valence-electron chi connectivity index (χ4n) is 11.5. The second kappa shape index (κ2) is 16.7. The van der Waals surface area contributed by atoms with Crippen LogP contribution in [0, 0.1) is 5.82 Å². The van der Waals surface area contributed by atoms with Gasteiger partial charge in [-0.05, 0) is 104 Å². The van der Waals surface area contributed by atoms with Crippen molar-refractivity contribution in [2.75, 3.05) is 54.4 Å². The van der Waals surface area contributed by atoms with Gasteiger partial charge in [-0.3, -0.25) is 44.3 Å². The van der Waals surface area contributed by atoms with Crippen LogP contribution >= 0.6 is 11.3 Å². The molecule has 0 spiro atoms. The van der Waals surface area contributed by atoms with Gasteiger partial charge in [0.2, 0.25) is 11.8 Å². The molecule has 6 aromatic rings. The van der Waals surface area contributed by atoms with Crippen LogP contribution in [0.25, 0.3) is 22.0 Å². The molecular formula is C49H49FN12O5S. The normalized spacial score (nSPS) is 21.0. The number of piperidine rings is 1. The minimum Gasteiger partial charge on any atom is -0.365 e. The van der Waals surface area contributed by atoms with Crippen molar-refractivity contribution in [3.05, 3.63) is 106 Å². The van der Waals surface area contributed by atoms with E-state index < -0.39 is 29.7 Å². The lowest BCUT2D eigenvalue weighted by Crippen LogP contribution is -2.52. The highest BCUT2D eigenvalue weighted by Crippen LogP contribution is 2.40. The van der Waals surface area contributed by atoms with Crippen LogP contribution in [0.5, 0.6) is 0 Å². The SMILES string of the molecule is Cn1nc(N2CCC(=O)NC2=O)c2ccc(C3CCN(CC(=O)N4C[C@H]5C[C@@H]4CN5c4ccc(-c5cc(F)c6c(c5)C(=O)N(C(C(=O)Nc5nccs5)c5ncn7c5CCC7)C6)cc4)CC3)cc21. The number of thiazole rings is 1. The number of hydrogen-bond donors (Lipinski definition) is 2. The molecule has 3 aromatic heterocycles. The van der Waals surface area contributed by atoms with Gasteiger partial charge in [0.1, 0.15) is 5.82 Å². The summed E-state index contributed by atoms with van der Waals surface area (Å²) in [6, 6.07) is 16.3. The number of anilines is 3. The molecule has 4 fully saturated rings. The number of amides is 6. The fraction of sp³-hybridized carbons (Fsp3) is 0.388. The molecule has 0 saturated carbocycles. The number of nitrogens with zero attached hydrogens (tertiary/aromatic N) is 10. The minimum absolute atomic E-state index is 0.0565. The summed E-state index contributed by atoms with van der Waals surface area (Å²) in [5.41, 5.74) is 6.46. The standard InChI is InChI=1S/C49H49FN12O5S/c1-56-40-21-30(6-9-35(40)45(55-56)59-17-12-41(63)53-49(59)67)29-10-15-57(16-11-29)26-42(64)61-24-33-22-34(61)23-60(33)32-7-4-28(5-8-32)31-19-36-37(38(50)20-31)25-62(47(36)66)44(46(65)54-48-51-13-18-68-48)43-39-3-2-14-58(39)27-52-43/h4-9,13,18-21,27,29,33-34,44H,2-3,10-12,14-17,22-26H2,1H3,(H,51,54,65)(H,53,63,67)/t33-,34-,44?/m1/s1. The lowest BCUT2D eigenvalue weighted by Gasteiger charge is -2.37. The number of aryl methyl sites for hydroxylation is 2. The Balaban J connectivity index is 0.667. The Labute approximate surface area is 394 Å². The van der Waals surface area contributed by atoms with Gasteiger partial charge in [-0.1, -0.05) is 18.2 Å². The molecule has 1 unspecified atom stereocenters. The van der Waals surface area contributed by atoms with E-state index in [0.29, 0.717) is 47.8 Å². The van der Waals surface area contributed by atoms with Crippen molar-refractivity contribution in [3.63, 3.8) is 0 Å². The summed E-state index contributed by atoms with van der Waals surface area (Å²) in [5.74, 6) is -0.563. The molecule has 17 nitrogen and oxygen atoms in total. The van der Waals surface area contributed by atoms with Crippen LogP contribution in [0.2, 0.25) is 0 Å². The number of carbonyl (C=O) groups excluding carboxylic acids is 5. The first-order chi connectivity index (χ1) is 33.0. The molecule has 6 aliphatic heterocycles. The molecule has 4 saturated heterocycles. The molecule has 6 amide bonds. The highest BCUT2D eigenvalue weighted by molar-refractivity contribution is 7.13. The Morgan fingerprint density at radius 1 is 0.941 bits per heavy atom. The predicted octanol–water partition coefficient (Wildman–Crippen LogP) is 5.43. The number of aromatic nitrogens is 5. The Kier molecular flexibility index (Phi) is 10.4. The fourth-order valence-corrected chi connectivity index (χ4v) is 12.0. The Morgan fingerprint density at radius 3 is 2.54 bits per heavy atom. The number of urea groups is 1. The van der Waals surface area contributed by atoms with Gasteiger partial charge in [-0.25, -0.2) is 19.2 Å². The van der Waals surface area contributed by atoms with Gasteiger partial charge in [-0.2, -0.15) is 5.10 Å². The molecule has 0 radical (unpaired) electrons. The van der Waals surface area contributed by atoms with Crippen molar-refractivity contribution in [1.82, 2.24) is 44.3 Å². The summed E-state index contributed by atoms with van der Waals surface area (Å²) in [7, 11) is 1.87. The highest BCUT2D eigenvalue weighted by atomic mass is 32.1. The number of halogens is 1. The van der Waals surface area contributed by atoms with Gasteiger partial charge in [0.05, 0.1) is 36.7 Å². The number of nitrogens with one attached hydrogen (secondary N) is 2. The lowest BCUT2D eigenvalue weighted by atomic mass is 9.89.